The van der Waals surface area contributed by atoms with Crippen molar-refractivity contribution >= 4 is 49.1 Å². The number of alkyl halides is 1. The highest BCUT2D eigenvalue weighted by atomic mass is 79.9. The maximum Gasteiger partial charge on any atom is 0.129 e. The Labute approximate surface area is 98.6 Å². The fourth-order valence-electron chi connectivity index (χ4n) is 1.45. The van der Waals surface area contributed by atoms with Crippen molar-refractivity contribution in [3.63, 3.8) is 0 Å². The number of halogens is 2. The SMILES string of the molecule is CSc1c(CBr)c(F)cc2sccc12. The first kappa shape index (κ1) is 10.5. The molecule has 0 fully saturated rings. The van der Waals surface area contributed by atoms with Gasteiger partial charge in [-0.05, 0) is 23.8 Å². The van der Waals surface area contributed by atoms with E-state index in [9.17, 15) is 4.39 Å². The van der Waals surface area contributed by atoms with E-state index in [0.29, 0.717) is 5.33 Å². The molecule has 74 valence electrons. The predicted molar refractivity (Wildman–Crippen MR) is 66.2 cm³/mol. The lowest BCUT2D eigenvalue weighted by molar-refractivity contribution is 0.615. The Morgan fingerprint density at radius 1 is 1.57 bits per heavy atom. The highest BCUT2D eigenvalue weighted by Gasteiger charge is 2.12. The zero-order chi connectivity index (χ0) is 10.1. The third-order valence-corrected chi connectivity index (χ3v) is 4.40. The number of rotatable bonds is 2. The van der Waals surface area contributed by atoms with Crippen LogP contribution in [0.2, 0.25) is 0 Å². The van der Waals surface area contributed by atoms with Crippen LogP contribution in [-0.2, 0) is 5.33 Å². The molecule has 0 N–H and O–H groups in total. The van der Waals surface area contributed by atoms with E-state index in [2.05, 4.69) is 22.0 Å². The van der Waals surface area contributed by atoms with Crippen molar-refractivity contribution in [2.75, 3.05) is 6.26 Å². The summed E-state index contributed by atoms with van der Waals surface area (Å²) in [6, 6.07) is 3.67. The van der Waals surface area contributed by atoms with Gasteiger partial charge in [-0.3, -0.25) is 0 Å². The van der Waals surface area contributed by atoms with Crippen LogP contribution in [0, 0.1) is 5.82 Å². The first-order valence-corrected chi connectivity index (χ1v) is 7.29. The van der Waals surface area contributed by atoms with Gasteiger partial charge in [0.05, 0.1) is 0 Å². The van der Waals surface area contributed by atoms with Crippen LogP contribution in [0.3, 0.4) is 0 Å². The summed E-state index contributed by atoms with van der Waals surface area (Å²) in [6.07, 6.45) is 1.98. The summed E-state index contributed by atoms with van der Waals surface area (Å²) in [5.41, 5.74) is 0.767. The lowest BCUT2D eigenvalue weighted by atomic mass is 10.2. The molecule has 0 amide bonds. The van der Waals surface area contributed by atoms with Crippen molar-refractivity contribution in [3.8, 4) is 0 Å². The van der Waals surface area contributed by atoms with E-state index >= 15 is 0 Å². The highest BCUT2D eigenvalue weighted by Crippen LogP contribution is 2.35. The Balaban J connectivity index is 2.82. The fraction of sp³-hybridized carbons (Fsp3) is 0.200. The van der Waals surface area contributed by atoms with Crippen molar-refractivity contribution in [1.29, 1.82) is 0 Å². The summed E-state index contributed by atoms with van der Waals surface area (Å²) in [5.74, 6) is -0.110. The molecule has 0 saturated heterocycles. The third kappa shape index (κ3) is 1.59. The van der Waals surface area contributed by atoms with Gasteiger partial charge in [-0.2, -0.15) is 0 Å². The normalized spacial score (nSPS) is 11.1. The third-order valence-electron chi connectivity index (χ3n) is 2.10. The van der Waals surface area contributed by atoms with E-state index in [4.69, 9.17) is 0 Å². The molecule has 0 spiro atoms. The highest BCUT2D eigenvalue weighted by molar-refractivity contribution is 9.08. The van der Waals surface area contributed by atoms with Crippen molar-refractivity contribution in [2.24, 2.45) is 0 Å². The standard InChI is InChI=1S/C10H8BrFS2/c1-13-10-6-2-3-14-9(6)4-8(12)7(10)5-11/h2-4H,5H2,1H3. The molecule has 0 aliphatic rings. The summed E-state index contributed by atoms with van der Waals surface area (Å²) < 4.78 is 14.6. The van der Waals surface area contributed by atoms with Crippen LogP contribution >= 0.6 is 39.0 Å². The lowest BCUT2D eigenvalue weighted by Gasteiger charge is -2.07. The Kier molecular flexibility index (Phi) is 3.14. The number of thioether (sulfide) groups is 1. The molecule has 1 aromatic carbocycles. The molecule has 2 rings (SSSR count). The summed E-state index contributed by atoms with van der Waals surface area (Å²) in [7, 11) is 0. The molecule has 1 heterocycles. The zero-order valence-electron chi connectivity index (χ0n) is 7.51. The summed E-state index contributed by atoms with van der Waals surface area (Å²) >= 11 is 6.51. The Morgan fingerprint density at radius 2 is 2.36 bits per heavy atom. The van der Waals surface area contributed by atoms with Crippen LogP contribution in [0.1, 0.15) is 5.56 Å². The van der Waals surface area contributed by atoms with Gasteiger partial charge in [-0.15, -0.1) is 23.1 Å². The largest absolute Gasteiger partial charge is 0.207 e. The first-order chi connectivity index (χ1) is 6.77. The molecule has 0 aliphatic heterocycles. The molecule has 2 aromatic rings. The average molecular weight is 291 g/mol. The molecule has 0 bridgehead atoms. The molecule has 0 aliphatic carbocycles. The molecule has 0 atom stereocenters. The van der Waals surface area contributed by atoms with Crippen molar-refractivity contribution in [2.45, 2.75) is 10.2 Å². The maximum atomic E-state index is 13.6. The second-order valence-corrected chi connectivity index (χ2v) is 5.16. The maximum absolute atomic E-state index is 13.6. The van der Waals surface area contributed by atoms with Gasteiger partial charge in [0, 0.05) is 25.9 Å². The minimum atomic E-state index is -0.110. The van der Waals surface area contributed by atoms with Crippen molar-refractivity contribution in [1.82, 2.24) is 0 Å². The van der Waals surface area contributed by atoms with E-state index in [-0.39, 0.29) is 5.82 Å². The van der Waals surface area contributed by atoms with Gasteiger partial charge in [0.15, 0.2) is 0 Å². The number of hydrogen-bond acceptors (Lipinski definition) is 2. The van der Waals surface area contributed by atoms with Crippen LogP contribution in [0.5, 0.6) is 0 Å². The van der Waals surface area contributed by atoms with Gasteiger partial charge >= 0.3 is 0 Å². The summed E-state index contributed by atoms with van der Waals surface area (Å²) in [4.78, 5) is 1.05. The van der Waals surface area contributed by atoms with Crippen LogP contribution in [0.25, 0.3) is 10.1 Å². The average Bonchev–Trinajstić information content (AvgIpc) is 2.62. The van der Waals surface area contributed by atoms with Gasteiger partial charge in [0.2, 0.25) is 0 Å². The van der Waals surface area contributed by atoms with Crippen LogP contribution < -0.4 is 0 Å². The molecule has 14 heavy (non-hydrogen) atoms. The number of fused-ring (bicyclic) bond motifs is 1. The van der Waals surface area contributed by atoms with Crippen LogP contribution in [-0.4, -0.2) is 6.26 Å². The van der Waals surface area contributed by atoms with Crippen LogP contribution in [0.4, 0.5) is 4.39 Å². The summed E-state index contributed by atoms with van der Waals surface area (Å²) in [6.45, 7) is 0. The van der Waals surface area contributed by atoms with Crippen molar-refractivity contribution in [3.05, 3.63) is 28.9 Å². The smallest absolute Gasteiger partial charge is 0.129 e. The van der Waals surface area contributed by atoms with Gasteiger partial charge in [0.1, 0.15) is 5.82 Å². The lowest BCUT2D eigenvalue weighted by Crippen LogP contribution is -1.89. The molecule has 0 radical (unpaired) electrons. The van der Waals surface area contributed by atoms with Gasteiger partial charge in [-0.25, -0.2) is 4.39 Å². The minimum absolute atomic E-state index is 0.110. The fourth-order valence-corrected chi connectivity index (χ4v) is 3.88. The number of hydrogen-bond donors (Lipinski definition) is 0. The monoisotopic (exact) mass is 290 g/mol. The molecule has 0 unspecified atom stereocenters. The number of benzene rings is 1. The zero-order valence-corrected chi connectivity index (χ0v) is 10.7. The molecule has 1 aromatic heterocycles. The molecule has 4 heteroatoms. The number of thiophene rings is 1. The molecular weight excluding hydrogens is 283 g/mol. The first-order valence-electron chi connectivity index (χ1n) is 4.06. The van der Waals surface area contributed by atoms with Gasteiger partial charge < -0.3 is 0 Å². The van der Waals surface area contributed by atoms with Crippen molar-refractivity contribution < 1.29 is 4.39 Å². The van der Waals surface area contributed by atoms with E-state index in [1.165, 1.54) is 5.39 Å². The topological polar surface area (TPSA) is 0 Å². The summed E-state index contributed by atoms with van der Waals surface area (Å²) in [5, 5.41) is 3.74. The van der Waals surface area contributed by atoms with E-state index in [1.807, 2.05) is 11.6 Å². The Hall–Kier alpha value is -0.0600. The minimum Gasteiger partial charge on any atom is -0.207 e. The van der Waals surface area contributed by atoms with Gasteiger partial charge in [0.25, 0.3) is 0 Å². The molecular formula is C10H8BrFS2. The van der Waals surface area contributed by atoms with E-state index < -0.39 is 0 Å². The second kappa shape index (κ2) is 4.21. The quantitative estimate of drug-likeness (QED) is 0.573. The van der Waals surface area contributed by atoms with Crippen LogP contribution in [0.15, 0.2) is 22.4 Å². The predicted octanol–water partition coefficient (Wildman–Crippen LogP) is 4.66. The second-order valence-electron chi connectivity index (χ2n) is 2.84. The van der Waals surface area contributed by atoms with Gasteiger partial charge in [-0.1, -0.05) is 15.9 Å². The van der Waals surface area contributed by atoms with E-state index in [1.54, 1.807) is 29.2 Å². The Morgan fingerprint density at radius 3 is 3.00 bits per heavy atom. The molecule has 0 saturated carbocycles. The molecule has 0 nitrogen and oxygen atoms in total. The Bertz CT molecular complexity index is 464. The van der Waals surface area contributed by atoms with E-state index in [0.717, 1.165) is 15.2 Å².